The van der Waals surface area contributed by atoms with Crippen LogP contribution < -0.4 is 0 Å². The van der Waals surface area contributed by atoms with Gasteiger partial charge in [-0.2, -0.15) is 5.10 Å². The van der Waals surface area contributed by atoms with Gasteiger partial charge in [0.25, 0.3) is 0 Å². The SMILES string of the molecule is CCc1nn(C)c2c(C(C)(C)C)cccc12. The fourth-order valence-corrected chi connectivity index (χ4v) is 2.28. The summed E-state index contributed by atoms with van der Waals surface area (Å²) in [5, 5.41) is 5.90. The van der Waals surface area contributed by atoms with E-state index in [1.54, 1.807) is 0 Å². The van der Waals surface area contributed by atoms with Gasteiger partial charge in [0.1, 0.15) is 0 Å². The highest BCUT2D eigenvalue weighted by Gasteiger charge is 2.20. The largest absolute Gasteiger partial charge is 0.267 e. The Labute approximate surface area is 97.3 Å². The molecular formula is C14H20N2. The van der Waals surface area contributed by atoms with Crippen LogP contribution in [-0.4, -0.2) is 9.78 Å². The van der Waals surface area contributed by atoms with Gasteiger partial charge in [-0.25, -0.2) is 0 Å². The summed E-state index contributed by atoms with van der Waals surface area (Å²) >= 11 is 0. The number of para-hydroxylation sites is 1. The Morgan fingerprint density at radius 2 is 1.94 bits per heavy atom. The van der Waals surface area contributed by atoms with E-state index in [1.165, 1.54) is 22.2 Å². The minimum absolute atomic E-state index is 0.165. The van der Waals surface area contributed by atoms with Crippen molar-refractivity contribution in [3.05, 3.63) is 29.5 Å². The molecule has 0 unspecified atom stereocenters. The average Bonchev–Trinajstić information content (AvgIpc) is 2.54. The van der Waals surface area contributed by atoms with Crippen LogP contribution in [-0.2, 0) is 18.9 Å². The van der Waals surface area contributed by atoms with Crippen molar-refractivity contribution in [3.63, 3.8) is 0 Å². The van der Waals surface area contributed by atoms with Crippen LogP contribution in [0.4, 0.5) is 0 Å². The zero-order valence-electron chi connectivity index (χ0n) is 10.8. The number of aryl methyl sites for hydroxylation is 2. The molecule has 0 radical (unpaired) electrons. The Kier molecular flexibility index (Phi) is 2.53. The minimum atomic E-state index is 0.165. The van der Waals surface area contributed by atoms with Crippen molar-refractivity contribution in [2.45, 2.75) is 39.5 Å². The predicted octanol–water partition coefficient (Wildman–Crippen LogP) is 3.43. The topological polar surface area (TPSA) is 17.8 Å². The highest BCUT2D eigenvalue weighted by molar-refractivity contribution is 5.85. The number of benzene rings is 1. The van der Waals surface area contributed by atoms with Crippen LogP contribution in [0.25, 0.3) is 10.9 Å². The zero-order valence-corrected chi connectivity index (χ0v) is 10.8. The lowest BCUT2D eigenvalue weighted by atomic mass is 9.85. The second-order valence-electron chi connectivity index (χ2n) is 5.38. The molecule has 0 saturated heterocycles. The molecule has 1 aromatic heterocycles. The van der Waals surface area contributed by atoms with Crippen LogP contribution in [0.3, 0.4) is 0 Å². The maximum atomic E-state index is 4.60. The molecule has 0 saturated carbocycles. The molecule has 1 heterocycles. The van der Waals surface area contributed by atoms with Crippen molar-refractivity contribution in [1.29, 1.82) is 0 Å². The third-order valence-electron chi connectivity index (χ3n) is 3.08. The van der Waals surface area contributed by atoms with Gasteiger partial charge in [0.15, 0.2) is 0 Å². The molecule has 0 aliphatic rings. The quantitative estimate of drug-likeness (QED) is 0.714. The lowest BCUT2D eigenvalue weighted by Gasteiger charge is -2.20. The van der Waals surface area contributed by atoms with Crippen molar-refractivity contribution in [1.82, 2.24) is 9.78 Å². The van der Waals surface area contributed by atoms with Crippen molar-refractivity contribution in [3.8, 4) is 0 Å². The number of nitrogens with zero attached hydrogens (tertiary/aromatic N) is 2. The molecule has 0 N–H and O–H groups in total. The Balaban J connectivity index is 2.83. The summed E-state index contributed by atoms with van der Waals surface area (Å²) in [7, 11) is 2.04. The number of hydrogen-bond acceptors (Lipinski definition) is 1. The minimum Gasteiger partial charge on any atom is -0.267 e. The summed E-state index contributed by atoms with van der Waals surface area (Å²) in [6.07, 6.45) is 0.991. The van der Waals surface area contributed by atoms with Gasteiger partial charge in [-0.3, -0.25) is 4.68 Å². The number of hydrogen-bond donors (Lipinski definition) is 0. The van der Waals surface area contributed by atoms with Crippen molar-refractivity contribution < 1.29 is 0 Å². The van der Waals surface area contributed by atoms with E-state index >= 15 is 0 Å². The highest BCUT2D eigenvalue weighted by Crippen LogP contribution is 2.31. The Hall–Kier alpha value is -1.31. The van der Waals surface area contributed by atoms with Crippen LogP contribution >= 0.6 is 0 Å². The van der Waals surface area contributed by atoms with Crippen LogP contribution in [0.5, 0.6) is 0 Å². The molecule has 2 rings (SSSR count). The fraction of sp³-hybridized carbons (Fsp3) is 0.500. The summed E-state index contributed by atoms with van der Waals surface area (Å²) in [4.78, 5) is 0. The molecule has 0 atom stereocenters. The normalized spacial score (nSPS) is 12.3. The van der Waals surface area contributed by atoms with E-state index in [9.17, 15) is 0 Å². The van der Waals surface area contributed by atoms with Crippen LogP contribution in [0.1, 0.15) is 39.0 Å². The predicted molar refractivity (Wildman–Crippen MR) is 68.8 cm³/mol. The van der Waals surface area contributed by atoms with Gasteiger partial charge in [-0.15, -0.1) is 0 Å². The van der Waals surface area contributed by atoms with Crippen LogP contribution in [0, 0.1) is 0 Å². The highest BCUT2D eigenvalue weighted by atomic mass is 15.3. The van der Waals surface area contributed by atoms with E-state index in [0.717, 1.165) is 6.42 Å². The second kappa shape index (κ2) is 3.62. The first-order valence-corrected chi connectivity index (χ1v) is 5.90. The standard InChI is InChI=1S/C14H20N2/c1-6-12-10-8-7-9-11(14(2,3)4)13(10)16(5)15-12/h7-9H,6H2,1-5H3. The van der Waals surface area contributed by atoms with Crippen molar-refractivity contribution >= 4 is 10.9 Å². The third kappa shape index (κ3) is 1.62. The molecule has 0 amide bonds. The molecule has 2 nitrogen and oxygen atoms in total. The first-order valence-electron chi connectivity index (χ1n) is 5.90. The van der Waals surface area contributed by atoms with E-state index in [2.05, 4.69) is 51.0 Å². The maximum absolute atomic E-state index is 4.60. The van der Waals surface area contributed by atoms with E-state index in [4.69, 9.17) is 0 Å². The van der Waals surface area contributed by atoms with Gasteiger partial charge in [-0.1, -0.05) is 45.9 Å². The molecule has 2 aromatic rings. The molecular weight excluding hydrogens is 196 g/mol. The summed E-state index contributed by atoms with van der Waals surface area (Å²) in [6.45, 7) is 8.91. The van der Waals surface area contributed by atoms with Gasteiger partial charge >= 0.3 is 0 Å². The van der Waals surface area contributed by atoms with Crippen molar-refractivity contribution in [2.24, 2.45) is 7.05 Å². The van der Waals surface area contributed by atoms with Gasteiger partial charge in [0.2, 0.25) is 0 Å². The lowest BCUT2D eigenvalue weighted by Crippen LogP contribution is -2.12. The summed E-state index contributed by atoms with van der Waals surface area (Å²) in [6, 6.07) is 6.53. The first kappa shape index (κ1) is 11.2. The lowest BCUT2D eigenvalue weighted by molar-refractivity contribution is 0.590. The molecule has 0 aliphatic heterocycles. The first-order chi connectivity index (χ1) is 7.45. The summed E-state index contributed by atoms with van der Waals surface area (Å²) in [5.74, 6) is 0. The van der Waals surface area contributed by atoms with Gasteiger partial charge in [-0.05, 0) is 17.4 Å². The molecule has 0 fully saturated rings. The van der Waals surface area contributed by atoms with Gasteiger partial charge in [0.05, 0.1) is 11.2 Å². The van der Waals surface area contributed by atoms with Crippen molar-refractivity contribution in [2.75, 3.05) is 0 Å². The fourth-order valence-electron chi connectivity index (χ4n) is 2.28. The molecule has 0 aliphatic carbocycles. The van der Waals surface area contributed by atoms with Gasteiger partial charge in [0, 0.05) is 12.4 Å². The van der Waals surface area contributed by atoms with Crippen LogP contribution in [0.2, 0.25) is 0 Å². The molecule has 2 heteroatoms. The number of aromatic nitrogens is 2. The van der Waals surface area contributed by atoms with E-state index in [0.29, 0.717) is 0 Å². The zero-order chi connectivity index (χ0) is 11.9. The maximum Gasteiger partial charge on any atom is 0.0719 e. The smallest absolute Gasteiger partial charge is 0.0719 e. The Morgan fingerprint density at radius 1 is 1.25 bits per heavy atom. The van der Waals surface area contributed by atoms with Gasteiger partial charge < -0.3 is 0 Å². The number of rotatable bonds is 1. The van der Waals surface area contributed by atoms with E-state index < -0.39 is 0 Å². The van der Waals surface area contributed by atoms with Crippen LogP contribution in [0.15, 0.2) is 18.2 Å². The summed E-state index contributed by atoms with van der Waals surface area (Å²) in [5.41, 5.74) is 4.02. The monoisotopic (exact) mass is 216 g/mol. The second-order valence-corrected chi connectivity index (χ2v) is 5.38. The number of fused-ring (bicyclic) bond motifs is 1. The van der Waals surface area contributed by atoms with E-state index in [-0.39, 0.29) is 5.41 Å². The molecule has 1 aromatic carbocycles. The molecule has 16 heavy (non-hydrogen) atoms. The average molecular weight is 216 g/mol. The molecule has 0 bridgehead atoms. The van der Waals surface area contributed by atoms with E-state index in [1.807, 2.05) is 11.7 Å². The Morgan fingerprint density at radius 3 is 2.50 bits per heavy atom. The Bertz CT molecular complexity index is 515. The summed E-state index contributed by atoms with van der Waals surface area (Å²) < 4.78 is 2.02. The molecule has 0 spiro atoms. The third-order valence-corrected chi connectivity index (χ3v) is 3.08. The molecule has 86 valence electrons.